The average molecular weight is 549 g/mol. The highest BCUT2D eigenvalue weighted by Crippen LogP contribution is 2.63. The predicted octanol–water partition coefficient (Wildman–Crippen LogP) is 3.38. The van der Waals surface area contributed by atoms with Crippen molar-refractivity contribution in [3.8, 4) is 11.3 Å². The van der Waals surface area contributed by atoms with Crippen LogP contribution in [0.25, 0.3) is 22.4 Å². The highest BCUT2D eigenvalue weighted by atomic mass is 35.5. The molecule has 1 aliphatic carbocycles. The fraction of sp³-hybridized carbons (Fsp3) is 0.429. The highest BCUT2D eigenvalue weighted by Gasteiger charge is 2.66. The molecule has 3 fully saturated rings. The number of anilines is 2. The molecule has 0 radical (unpaired) electrons. The number of nitrogens with zero attached hydrogens (tertiary/aromatic N) is 6. The molecule has 4 N–H and O–H groups in total. The molecule has 9 nitrogen and oxygen atoms in total. The minimum atomic E-state index is -0.320. The lowest BCUT2D eigenvalue weighted by Crippen LogP contribution is -2.32. The Hall–Kier alpha value is -3.34. The summed E-state index contributed by atoms with van der Waals surface area (Å²) in [5.74, 6) is 2.14. The van der Waals surface area contributed by atoms with Crippen LogP contribution in [0, 0.1) is 23.6 Å². The summed E-state index contributed by atoms with van der Waals surface area (Å²) in [5.41, 5.74) is 9.28. The zero-order chi connectivity index (χ0) is 26.7. The molecule has 4 aromatic rings. The van der Waals surface area contributed by atoms with E-state index >= 15 is 0 Å². The minimum absolute atomic E-state index is 0.158. The summed E-state index contributed by atoms with van der Waals surface area (Å²) < 4.78 is 14.7. The van der Waals surface area contributed by atoms with Crippen molar-refractivity contribution in [1.29, 1.82) is 0 Å². The van der Waals surface area contributed by atoms with Gasteiger partial charge in [0.2, 0.25) is 5.65 Å². The second kappa shape index (κ2) is 9.39. The summed E-state index contributed by atoms with van der Waals surface area (Å²) in [4.78, 5) is 18.4. The number of nitrogens with two attached hydrogens (primary N) is 1. The number of aliphatic hydroxyl groups excluding tert-OH is 1. The standard InChI is InChI=1S/C28H30ClFN8O/c29-23-17(5-8-32-27(23)38-9-6-16(12-38)14-39)24-25-26(36-35-24)34-22(11-33-25)37-10-7-18-20(13-37)28(18,15-31)19-3-1-2-4-21(19)30/h1-5,8,11,16,18,20,39H,6-7,9-10,12-15,31H2,(H,34,35,36)/t16-,18+,20-,28+/m0/s1. The van der Waals surface area contributed by atoms with Gasteiger partial charge in [-0.1, -0.05) is 29.8 Å². The van der Waals surface area contributed by atoms with Gasteiger partial charge in [0.25, 0.3) is 0 Å². The Balaban J connectivity index is 1.15. The molecule has 0 unspecified atom stereocenters. The van der Waals surface area contributed by atoms with Crippen molar-refractivity contribution in [2.75, 3.05) is 49.1 Å². The monoisotopic (exact) mass is 548 g/mol. The van der Waals surface area contributed by atoms with E-state index in [4.69, 9.17) is 27.3 Å². The van der Waals surface area contributed by atoms with E-state index in [-0.39, 0.29) is 29.7 Å². The van der Waals surface area contributed by atoms with Crippen LogP contribution >= 0.6 is 11.6 Å². The second-order valence-electron chi connectivity index (χ2n) is 11.0. The highest BCUT2D eigenvalue weighted by molar-refractivity contribution is 6.36. The van der Waals surface area contributed by atoms with Gasteiger partial charge in [0.15, 0.2) is 0 Å². The fourth-order valence-corrected chi connectivity index (χ4v) is 7.31. The number of aromatic amines is 1. The summed E-state index contributed by atoms with van der Waals surface area (Å²) in [6, 6.07) is 8.87. The summed E-state index contributed by atoms with van der Waals surface area (Å²) in [5, 5.41) is 17.6. The number of aromatic nitrogens is 5. The Morgan fingerprint density at radius 3 is 2.74 bits per heavy atom. The van der Waals surface area contributed by atoms with E-state index in [1.54, 1.807) is 18.5 Å². The van der Waals surface area contributed by atoms with Gasteiger partial charge in [-0.15, -0.1) is 0 Å². The normalized spacial score (nSPS) is 26.3. The van der Waals surface area contributed by atoms with Crippen LogP contribution in [0.5, 0.6) is 0 Å². The zero-order valence-corrected chi connectivity index (χ0v) is 22.2. The predicted molar refractivity (Wildman–Crippen MR) is 148 cm³/mol. The number of fused-ring (bicyclic) bond motifs is 2. The Kier molecular flexibility index (Phi) is 5.94. The lowest BCUT2D eigenvalue weighted by Gasteiger charge is -2.26. The van der Waals surface area contributed by atoms with E-state index in [1.807, 2.05) is 18.2 Å². The van der Waals surface area contributed by atoms with E-state index in [0.29, 0.717) is 40.2 Å². The molecule has 0 spiro atoms. The molecule has 1 aromatic carbocycles. The quantitative estimate of drug-likeness (QED) is 0.335. The summed E-state index contributed by atoms with van der Waals surface area (Å²) in [6.07, 6.45) is 5.34. The fourth-order valence-electron chi connectivity index (χ4n) is 6.98. The first-order valence-electron chi connectivity index (χ1n) is 13.5. The molecule has 4 atom stereocenters. The van der Waals surface area contributed by atoms with Crippen molar-refractivity contribution in [2.24, 2.45) is 23.5 Å². The van der Waals surface area contributed by atoms with Crippen molar-refractivity contribution < 1.29 is 9.50 Å². The van der Waals surface area contributed by atoms with E-state index < -0.39 is 0 Å². The number of pyridine rings is 1. The molecular weight excluding hydrogens is 519 g/mol. The van der Waals surface area contributed by atoms with Gasteiger partial charge in [0.1, 0.15) is 23.0 Å². The Morgan fingerprint density at radius 1 is 1.10 bits per heavy atom. The smallest absolute Gasteiger partial charge is 0.202 e. The lowest BCUT2D eigenvalue weighted by atomic mass is 9.91. The van der Waals surface area contributed by atoms with Crippen molar-refractivity contribution >= 4 is 34.4 Å². The SMILES string of the molecule is NC[C@]1(c2ccccc2F)[C@@H]2CCN(c3cnc4c(-c5ccnc(N6CC[C@H](CO)C6)c5Cl)[nH]nc4n3)C[C@@H]21. The molecule has 11 heteroatoms. The number of hydrogen-bond donors (Lipinski definition) is 3. The molecule has 1 saturated carbocycles. The number of hydrogen-bond acceptors (Lipinski definition) is 8. The molecule has 5 heterocycles. The number of halogens is 2. The van der Waals surface area contributed by atoms with Crippen LogP contribution in [0.3, 0.4) is 0 Å². The molecular formula is C28H30ClFN8O. The van der Waals surface area contributed by atoms with Crippen LogP contribution in [0.1, 0.15) is 18.4 Å². The number of H-pyrrole nitrogens is 1. The molecule has 0 bridgehead atoms. The summed E-state index contributed by atoms with van der Waals surface area (Å²) in [7, 11) is 0. The number of piperidine rings is 1. The zero-order valence-electron chi connectivity index (χ0n) is 21.4. The van der Waals surface area contributed by atoms with Crippen molar-refractivity contribution in [1.82, 2.24) is 25.1 Å². The number of rotatable bonds is 6. The van der Waals surface area contributed by atoms with Gasteiger partial charge in [-0.2, -0.15) is 5.10 Å². The molecule has 0 amide bonds. The number of nitrogens with one attached hydrogen (secondary N) is 1. The van der Waals surface area contributed by atoms with Crippen molar-refractivity contribution in [3.05, 3.63) is 59.1 Å². The van der Waals surface area contributed by atoms with Crippen LogP contribution < -0.4 is 15.5 Å². The average Bonchev–Trinajstić information content (AvgIpc) is 3.25. The first kappa shape index (κ1) is 24.7. The molecule has 2 aliphatic heterocycles. The topological polar surface area (TPSA) is 120 Å². The van der Waals surface area contributed by atoms with Gasteiger partial charge in [0, 0.05) is 62.4 Å². The Labute approximate surface area is 230 Å². The molecule has 2 saturated heterocycles. The minimum Gasteiger partial charge on any atom is -0.396 e. The summed E-state index contributed by atoms with van der Waals surface area (Å²) >= 11 is 6.84. The third-order valence-corrected chi connectivity index (χ3v) is 9.47. The van der Waals surface area contributed by atoms with Crippen LogP contribution in [-0.4, -0.2) is 69.6 Å². The van der Waals surface area contributed by atoms with Gasteiger partial charge in [0.05, 0.1) is 16.9 Å². The number of aliphatic hydroxyl groups is 1. The largest absolute Gasteiger partial charge is 0.396 e. The van der Waals surface area contributed by atoms with E-state index in [0.717, 1.165) is 56.0 Å². The molecule has 3 aliphatic rings. The van der Waals surface area contributed by atoms with Gasteiger partial charge in [-0.3, -0.25) is 5.10 Å². The maximum atomic E-state index is 14.7. The Morgan fingerprint density at radius 2 is 1.95 bits per heavy atom. The van der Waals surface area contributed by atoms with Crippen molar-refractivity contribution in [2.45, 2.75) is 18.3 Å². The van der Waals surface area contributed by atoms with Crippen LogP contribution in [0.15, 0.2) is 42.7 Å². The molecule has 202 valence electrons. The third-order valence-electron chi connectivity index (χ3n) is 9.10. The van der Waals surface area contributed by atoms with Crippen molar-refractivity contribution in [3.63, 3.8) is 0 Å². The van der Waals surface area contributed by atoms with E-state index in [2.05, 4.69) is 25.0 Å². The summed E-state index contributed by atoms with van der Waals surface area (Å²) in [6.45, 7) is 3.66. The van der Waals surface area contributed by atoms with Crippen LogP contribution in [0.4, 0.5) is 16.0 Å². The third kappa shape index (κ3) is 3.80. The first-order valence-corrected chi connectivity index (χ1v) is 13.8. The van der Waals surface area contributed by atoms with E-state index in [9.17, 15) is 9.50 Å². The van der Waals surface area contributed by atoms with Crippen LogP contribution in [-0.2, 0) is 5.41 Å². The van der Waals surface area contributed by atoms with Gasteiger partial charge in [-0.05, 0) is 42.4 Å². The first-order chi connectivity index (χ1) is 19.0. The second-order valence-corrected chi connectivity index (χ2v) is 11.3. The maximum Gasteiger partial charge on any atom is 0.202 e. The van der Waals surface area contributed by atoms with Gasteiger partial charge in [-0.25, -0.2) is 19.3 Å². The Bertz CT molecular complexity index is 1550. The molecule has 7 rings (SSSR count). The maximum absolute atomic E-state index is 14.7. The van der Waals surface area contributed by atoms with Gasteiger partial charge < -0.3 is 20.6 Å². The van der Waals surface area contributed by atoms with E-state index in [1.165, 1.54) is 6.07 Å². The molecule has 39 heavy (non-hydrogen) atoms. The molecule has 3 aromatic heterocycles. The van der Waals surface area contributed by atoms with Crippen LogP contribution in [0.2, 0.25) is 5.02 Å². The lowest BCUT2D eigenvalue weighted by molar-refractivity contribution is 0.238. The van der Waals surface area contributed by atoms with Gasteiger partial charge >= 0.3 is 0 Å². The number of benzene rings is 1.